The Kier molecular flexibility index (Phi) is 5.63. The standard InChI is InChI=1S/C22H20F3N7O3/c1-35-15-10-29(11-15)21-16-8-26-17(7-18(16)31(28-21)13-22(23,24)25)20-19(32(33)34)12-30(27-20)9-14-5-3-2-4-6-14/h2-8,12,15H,9-11,13H2,1H3. The highest BCUT2D eigenvalue weighted by Crippen LogP contribution is 2.35. The van der Waals surface area contributed by atoms with Crippen LogP contribution in [0.5, 0.6) is 0 Å². The Morgan fingerprint density at radius 3 is 2.60 bits per heavy atom. The van der Waals surface area contributed by atoms with E-state index in [2.05, 4.69) is 15.2 Å². The van der Waals surface area contributed by atoms with Crippen LogP contribution in [0, 0.1) is 10.1 Å². The monoisotopic (exact) mass is 487 g/mol. The number of rotatable bonds is 7. The smallest absolute Gasteiger partial charge is 0.378 e. The van der Waals surface area contributed by atoms with E-state index in [0.29, 0.717) is 24.3 Å². The lowest BCUT2D eigenvalue weighted by molar-refractivity contribution is -0.384. The van der Waals surface area contributed by atoms with Crippen molar-refractivity contribution in [3.63, 3.8) is 0 Å². The van der Waals surface area contributed by atoms with Crippen molar-refractivity contribution in [1.29, 1.82) is 0 Å². The molecule has 5 rings (SSSR count). The predicted octanol–water partition coefficient (Wildman–Crippen LogP) is 3.65. The summed E-state index contributed by atoms with van der Waals surface area (Å²) in [5, 5.41) is 20.7. The number of nitrogens with zero attached hydrogens (tertiary/aromatic N) is 7. The van der Waals surface area contributed by atoms with Crippen LogP contribution in [-0.4, -0.2) is 61.9 Å². The lowest BCUT2D eigenvalue weighted by Crippen LogP contribution is -2.52. The first-order valence-electron chi connectivity index (χ1n) is 10.7. The second-order valence-corrected chi connectivity index (χ2v) is 8.25. The Hall–Kier alpha value is -4.00. The molecule has 1 aliphatic rings. The molecule has 1 aromatic carbocycles. The SMILES string of the molecule is COC1CN(c2nn(CC(F)(F)F)c3cc(-c4nn(Cc5ccccc5)cc4[N+](=O)[O-])ncc23)C1. The molecular weight excluding hydrogens is 467 g/mol. The van der Waals surface area contributed by atoms with Crippen molar-refractivity contribution in [2.45, 2.75) is 25.4 Å². The Balaban J connectivity index is 1.57. The van der Waals surface area contributed by atoms with Crippen molar-refractivity contribution in [2.24, 2.45) is 0 Å². The second kappa shape index (κ2) is 8.65. The molecule has 1 saturated heterocycles. The minimum Gasteiger partial charge on any atom is -0.378 e. The molecular formula is C22H20F3N7O3. The van der Waals surface area contributed by atoms with Gasteiger partial charge in [-0.05, 0) is 11.6 Å². The van der Waals surface area contributed by atoms with Gasteiger partial charge in [-0.25, -0.2) is 0 Å². The van der Waals surface area contributed by atoms with Gasteiger partial charge in [0.1, 0.15) is 12.7 Å². The highest BCUT2D eigenvalue weighted by Gasteiger charge is 2.34. The molecule has 0 spiro atoms. The van der Waals surface area contributed by atoms with Gasteiger partial charge in [-0.15, -0.1) is 0 Å². The van der Waals surface area contributed by atoms with Crippen LogP contribution in [-0.2, 0) is 17.8 Å². The summed E-state index contributed by atoms with van der Waals surface area (Å²) in [6, 6.07) is 10.6. The second-order valence-electron chi connectivity index (χ2n) is 8.25. The summed E-state index contributed by atoms with van der Waals surface area (Å²) < 4.78 is 47.4. The molecule has 0 radical (unpaired) electrons. The van der Waals surface area contributed by atoms with Gasteiger partial charge in [0.2, 0.25) is 0 Å². The van der Waals surface area contributed by atoms with E-state index in [9.17, 15) is 23.3 Å². The van der Waals surface area contributed by atoms with Gasteiger partial charge in [-0.3, -0.25) is 24.5 Å². The van der Waals surface area contributed by atoms with E-state index in [1.54, 1.807) is 7.11 Å². The number of nitro groups is 1. The van der Waals surface area contributed by atoms with E-state index < -0.39 is 17.6 Å². The molecule has 4 heterocycles. The normalized spacial score (nSPS) is 14.5. The molecule has 0 aliphatic carbocycles. The quantitative estimate of drug-likeness (QED) is 0.290. The summed E-state index contributed by atoms with van der Waals surface area (Å²) in [5.41, 5.74) is 0.814. The molecule has 0 saturated carbocycles. The van der Waals surface area contributed by atoms with Gasteiger partial charge in [0.15, 0.2) is 11.5 Å². The molecule has 3 aromatic heterocycles. The largest absolute Gasteiger partial charge is 0.408 e. The van der Waals surface area contributed by atoms with Gasteiger partial charge in [-0.2, -0.15) is 23.4 Å². The molecule has 0 N–H and O–H groups in total. The molecule has 0 bridgehead atoms. The minimum absolute atomic E-state index is 0.0266. The van der Waals surface area contributed by atoms with Crippen molar-refractivity contribution in [3.05, 3.63) is 64.5 Å². The average Bonchev–Trinajstić information content (AvgIpc) is 3.35. The number of alkyl halides is 3. The van der Waals surface area contributed by atoms with Crippen LogP contribution in [0.15, 0.2) is 48.8 Å². The van der Waals surface area contributed by atoms with E-state index in [0.717, 1.165) is 10.2 Å². The van der Waals surface area contributed by atoms with Crippen molar-refractivity contribution < 1.29 is 22.8 Å². The third-order valence-electron chi connectivity index (χ3n) is 5.80. The molecule has 1 fully saturated rings. The number of hydrogen-bond acceptors (Lipinski definition) is 7. The van der Waals surface area contributed by atoms with Crippen LogP contribution in [0.3, 0.4) is 0 Å². The van der Waals surface area contributed by atoms with Crippen molar-refractivity contribution >= 4 is 22.4 Å². The summed E-state index contributed by atoms with van der Waals surface area (Å²) in [7, 11) is 1.57. The molecule has 13 heteroatoms. The predicted molar refractivity (Wildman–Crippen MR) is 120 cm³/mol. The van der Waals surface area contributed by atoms with Crippen LogP contribution in [0.25, 0.3) is 22.3 Å². The van der Waals surface area contributed by atoms with E-state index in [1.165, 1.54) is 23.1 Å². The third-order valence-corrected chi connectivity index (χ3v) is 5.80. The Labute approximate surface area is 196 Å². The highest BCUT2D eigenvalue weighted by molar-refractivity contribution is 5.92. The van der Waals surface area contributed by atoms with Crippen molar-refractivity contribution in [3.8, 4) is 11.4 Å². The van der Waals surface area contributed by atoms with Crippen molar-refractivity contribution in [2.75, 3.05) is 25.1 Å². The first-order valence-corrected chi connectivity index (χ1v) is 10.7. The molecule has 0 unspecified atom stereocenters. The summed E-state index contributed by atoms with van der Waals surface area (Å²) >= 11 is 0. The topological polar surface area (TPSA) is 104 Å². The zero-order chi connectivity index (χ0) is 24.7. The van der Waals surface area contributed by atoms with Crippen LogP contribution in [0.4, 0.5) is 24.7 Å². The fourth-order valence-electron chi connectivity index (χ4n) is 4.04. The number of pyridine rings is 1. The van der Waals surface area contributed by atoms with E-state index in [4.69, 9.17) is 4.74 Å². The highest BCUT2D eigenvalue weighted by atomic mass is 19.4. The van der Waals surface area contributed by atoms with Crippen LogP contribution in [0.1, 0.15) is 5.56 Å². The Morgan fingerprint density at radius 2 is 1.94 bits per heavy atom. The molecule has 1 aliphatic heterocycles. The maximum atomic E-state index is 13.3. The average molecular weight is 487 g/mol. The van der Waals surface area contributed by atoms with Crippen LogP contribution >= 0.6 is 0 Å². The molecule has 4 aromatic rings. The lowest BCUT2D eigenvalue weighted by Gasteiger charge is -2.38. The number of methoxy groups -OCH3 is 1. The first kappa shape index (κ1) is 22.8. The number of hydrogen-bond donors (Lipinski definition) is 0. The fraction of sp³-hybridized carbons (Fsp3) is 0.318. The summed E-state index contributed by atoms with van der Waals surface area (Å²) in [5.74, 6) is 0.362. The van der Waals surface area contributed by atoms with Gasteiger partial charge < -0.3 is 9.64 Å². The number of fused-ring (bicyclic) bond motifs is 1. The minimum atomic E-state index is -4.51. The number of ether oxygens (including phenoxy) is 1. The number of halogens is 3. The Bertz CT molecular complexity index is 1380. The molecule has 35 heavy (non-hydrogen) atoms. The maximum absolute atomic E-state index is 13.3. The third kappa shape index (κ3) is 4.54. The van der Waals surface area contributed by atoms with Crippen LogP contribution in [0.2, 0.25) is 0 Å². The van der Waals surface area contributed by atoms with Gasteiger partial charge in [0, 0.05) is 26.4 Å². The molecule has 10 nitrogen and oxygen atoms in total. The van der Waals surface area contributed by atoms with Crippen LogP contribution < -0.4 is 4.90 Å². The van der Waals surface area contributed by atoms with E-state index >= 15 is 0 Å². The van der Waals surface area contributed by atoms with Gasteiger partial charge >= 0.3 is 11.9 Å². The summed E-state index contributed by atoms with van der Waals surface area (Å²) in [6.07, 6.45) is -1.86. The van der Waals surface area contributed by atoms with E-state index in [-0.39, 0.29) is 35.2 Å². The zero-order valence-corrected chi connectivity index (χ0v) is 18.5. The van der Waals surface area contributed by atoms with Gasteiger partial charge in [0.05, 0.1) is 34.2 Å². The van der Waals surface area contributed by atoms with Crippen molar-refractivity contribution in [1.82, 2.24) is 24.5 Å². The number of anilines is 1. The Morgan fingerprint density at radius 1 is 1.20 bits per heavy atom. The molecule has 0 atom stereocenters. The zero-order valence-electron chi connectivity index (χ0n) is 18.5. The number of aromatic nitrogens is 5. The fourth-order valence-corrected chi connectivity index (χ4v) is 4.04. The maximum Gasteiger partial charge on any atom is 0.408 e. The van der Waals surface area contributed by atoms with Gasteiger partial charge in [-0.1, -0.05) is 30.3 Å². The van der Waals surface area contributed by atoms with Gasteiger partial charge in [0.25, 0.3) is 0 Å². The summed E-state index contributed by atoms with van der Waals surface area (Å²) in [4.78, 5) is 17.3. The van der Waals surface area contributed by atoms with E-state index in [1.807, 2.05) is 35.2 Å². The first-order chi connectivity index (χ1) is 16.7. The lowest BCUT2D eigenvalue weighted by atomic mass is 10.1. The number of benzene rings is 1. The molecule has 0 amide bonds. The summed E-state index contributed by atoms with van der Waals surface area (Å²) in [6.45, 7) is -0.0355. The molecule has 182 valence electrons.